The average Bonchev–Trinajstić information content (AvgIpc) is 3.35. The molecular formula is C21H23FN2O2. The fraction of sp³-hybridized carbons (Fsp3) is 0.381. The Bertz CT molecular complexity index is 755. The van der Waals surface area contributed by atoms with Crippen molar-refractivity contribution < 1.29 is 13.9 Å². The van der Waals surface area contributed by atoms with E-state index < -0.39 is 0 Å². The summed E-state index contributed by atoms with van der Waals surface area (Å²) in [5, 5.41) is 3.39. The van der Waals surface area contributed by atoms with Crippen molar-refractivity contribution in [2.45, 2.75) is 31.3 Å². The summed E-state index contributed by atoms with van der Waals surface area (Å²) in [5.41, 5.74) is 0.722. The molecule has 136 valence electrons. The smallest absolute Gasteiger partial charge is 0.179 e. The summed E-state index contributed by atoms with van der Waals surface area (Å²) in [6.45, 7) is 3.03. The topological polar surface area (TPSA) is 41.6 Å². The van der Waals surface area contributed by atoms with Gasteiger partial charge in [-0.05, 0) is 80.9 Å². The highest BCUT2D eigenvalue weighted by atomic mass is 19.1. The van der Waals surface area contributed by atoms with Crippen molar-refractivity contribution in [1.29, 1.82) is 0 Å². The summed E-state index contributed by atoms with van der Waals surface area (Å²) < 4.78 is 18.7. The van der Waals surface area contributed by atoms with Crippen LogP contribution in [0.15, 0.2) is 48.5 Å². The van der Waals surface area contributed by atoms with Crippen molar-refractivity contribution in [1.82, 2.24) is 10.2 Å². The molecule has 0 aromatic heterocycles. The number of likely N-dealkylation sites (tertiary alicyclic amines) is 1. The van der Waals surface area contributed by atoms with Gasteiger partial charge in [-0.1, -0.05) is 0 Å². The van der Waals surface area contributed by atoms with Crippen LogP contribution in [-0.4, -0.2) is 42.4 Å². The number of nitrogens with one attached hydrogen (secondary N) is 1. The predicted octanol–water partition coefficient (Wildman–Crippen LogP) is 3.63. The Hall–Kier alpha value is -2.24. The minimum absolute atomic E-state index is 0.0104. The van der Waals surface area contributed by atoms with E-state index in [2.05, 4.69) is 10.2 Å². The van der Waals surface area contributed by atoms with Crippen LogP contribution >= 0.6 is 0 Å². The molecule has 2 heterocycles. The molecule has 2 aromatic carbocycles. The first-order valence-corrected chi connectivity index (χ1v) is 9.25. The van der Waals surface area contributed by atoms with E-state index in [1.54, 1.807) is 24.3 Å². The second-order valence-corrected chi connectivity index (χ2v) is 6.99. The quantitative estimate of drug-likeness (QED) is 0.833. The summed E-state index contributed by atoms with van der Waals surface area (Å²) in [6, 6.07) is 13.6. The third-order valence-corrected chi connectivity index (χ3v) is 5.29. The summed E-state index contributed by atoms with van der Waals surface area (Å²) in [5.74, 6) is 1.11. The van der Waals surface area contributed by atoms with Crippen LogP contribution in [0.4, 0.5) is 4.39 Å². The Morgan fingerprint density at radius 2 is 1.73 bits per heavy atom. The predicted molar refractivity (Wildman–Crippen MR) is 98.2 cm³/mol. The molecule has 4 rings (SSSR count). The molecule has 2 aromatic rings. The maximum absolute atomic E-state index is 13.0. The molecule has 5 heteroatoms. The van der Waals surface area contributed by atoms with Crippen LogP contribution in [-0.2, 0) is 0 Å². The molecule has 0 radical (unpaired) electrons. The highest BCUT2D eigenvalue weighted by molar-refractivity contribution is 6.00. The fourth-order valence-electron chi connectivity index (χ4n) is 3.95. The van der Waals surface area contributed by atoms with Crippen LogP contribution < -0.4 is 10.1 Å². The van der Waals surface area contributed by atoms with Gasteiger partial charge >= 0.3 is 0 Å². The highest BCUT2D eigenvalue weighted by Crippen LogP contribution is 2.27. The lowest BCUT2D eigenvalue weighted by Gasteiger charge is -2.29. The molecule has 0 aliphatic carbocycles. The largest absolute Gasteiger partial charge is 0.457 e. The Morgan fingerprint density at radius 3 is 2.38 bits per heavy atom. The number of carbonyl (C=O) groups is 1. The SMILES string of the molecule is O=C(c1ccc(Oc2ccc(F)cc2)cc1)C1CCCN1C1CCNC1. The molecule has 2 saturated heterocycles. The Labute approximate surface area is 153 Å². The van der Waals surface area contributed by atoms with E-state index in [4.69, 9.17) is 4.74 Å². The molecule has 0 amide bonds. The molecule has 0 saturated carbocycles. The molecule has 1 N–H and O–H groups in total. The number of halogens is 1. The van der Waals surface area contributed by atoms with Gasteiger partial charge < -0.3 is 10.1 Å². The summed E-state index contributed by atoms with van der Waals surface area (Å²) in [4.78, 5) is 15.4. The number of rotatable bonds is 5. The Morgan fingerprint density at radius 1 is 1.04 bits per heavy atom. The number of nitrogens with zero attached hydrogens (tertiary/aromatic N) is 1. The Kier molecular flexibility index (Phi) is 5.00. The lowest BCUT2D eigenvalue weighted by molar-refractivity contribution is 0.0826. The van der Waals surface area contributed by atoms with Crippen LogP contribution in [0.25, 0.3) is 0 Å². The van der Waals surface area contributed by atoms with Crippen LogP contribution in [0, 0.1) is 5.82 Å². The van der Waals surface area contributed by atoms with Gasteiger partial charge in [0, 0.05) is 18.2 Å². The number of hydrogen-bond acceptors (Lipinski definition) is 4. The van der Waals surface area contributed by atoms with Crippen LogP contribution in [0.1, 0.15) is 29.6 Å². The van der Waals surface area contributed by atoms with E-state index in [0.29, 0.717) is 17.5 Å². The second-order valence-electron chi connectivity index (χ2n) is 6.99. The zero-order valence-electron chi connectivity index (χ0n) is 14.7. The molecule has 2 aliphatic rings. The lowest BCUT2D eigenvalue weighted by Crippen LogP contribution is -2.44. The second kappa shape index (κ2) is 7.56. The van der Waals surface area contributed by atoms with Crippen molar-refractivity contribution in [3.05, 3.63) is 59.9 Å². The van der Waals surface area contributed by atoms with Gasteiger partial charge in [0.1, 0.15) is 17.3 Å². The van der Waals surface area contributed by atoms with Crippen molar-refractivity contribution in [3.8, 4) is 11.5 Å². The van der Waals surface area contributed by atoms with E-state index in [9.17, 15) is 9.18 Å². The van der Waals surface area contributed by atoms with E-state index in [-0.39, 0.29) is 17.6 Å². The normalized spacial score (nSPS) is 23.3. The van der Waals surface area contributed by atoms with Gasteiger partial charge in [-0.25, -0.2) is 4.39 Å². The standard InChI is InChI=1S/C21H23FN2O2/c22-16-5-9-19(10-6-16)26-18-7-3-15(4-8-18)21(25)20-2-1-13-24(20)17-11-12-23-14-17/h3-10,17,20,23H,1-2,11-14H2. The molecule has 2 unspecified atom stereocenters. The van der Waals surface area contributed by atoms with E-state index in [0.717, 1.165) is 44.5 Å². The third kappa shape index (κ3) is 3.64. The maximum atomic E-state index is 13.0. The number of ether oxygens (including phenoxy) is 1. The molecular weight excluding hydrogens is 331 g/mol. The summed E-state index contributed by atoms with van der Waals surface area (Å²) in [7, 11) is 0. The molecule has 0 spiro atoms. The first-order valence-electron chi connectivity index (χ1n) is 9.25. The number of Topliss-reactive ketones (excluding diaryl/α,β-unsaturated/α-hetero) is 1. The first kappa shape index (κ1) is 17.2. The van der Waals surface area contributed by atoms with E-state index in [1.807, 2.05) is 12.1 Å². The zero-order valence-corrected chi connectivity index (χ0v) is 14.7. The number of hydrogen-bond donors (Lipinski definition) is 1. The molecule has 2 atom stereocenters. The lowest BCUT2D eigenvalue weighted by atomic mass is 10.0. The number of benzene rings is 2. The van der Waals surface area contributed by atoms with Crippen molar-refractivity contribution in [2.75, 3.05) is 19.6 Å². The molecule has 2 aliphatic heterocycles. The number of carbonyl (C=O) groups excluding carboxylic acids is 1. The van der Waals surface area contributed by atoms with Gasteiger partial charge in [0.25, 0.3) is 0 Å². The Balaban J connectivity index is 1.44. The van der Waals surface area contributed by atoms with Crippen molar-refractivity contribution in [3.63, 3.8) is 0 Å². The van der Waals surface area contributed by atoms with Gasteiger partial charge in [-0.2, -0.15) is 0 Å². The van der Waals surface area contributed by atoms with Crippen LogP contribution in [0.2, 0.25) is 0 Å². The fourth-order valence-corrected chi connectivity index (χ4v) is 3.95. The number of ketones is 1. The van der Waals surface area contributed by atoms with Crippen LogP contribution in [0.5, 0.6) is 11.5 Å². The summed E-state index contributed by atoms with van der Waals surface area (Å²) in [6.07, 6.45) is 3.13. The van der Waals surface area contributed by atoms with Gasteiger partial charge in [-0.15, -0.1) is 0 Å². The van der Waals surface area contributed by atoms with Gasteiger partial charge in [0.2, 0.25) is 0 Å². The maximum Gasteiger partial charge on any atom is 0.179 e. The monoisotopic (exact) mass is 354 g/mol. The van der Waals surface area contributed by atoms with Crippen LogP contribution in [0.3, 0.4) is 0 Å². The van der Waals surface area contributed by atoms with Crippen molar-refractivity contribution in [2.24, 2.45) is 0 Å². The van der Waals surface area contributed by atoms with Gasteiger partial charge in [0.15, 0.2) is 5.78 Å². The molecule has 0 bridgehead atoms. The zero-order chi connectivity index (χ0) is 17.9. The van der Waals surface area contributed by atoms with E-state index in [1.165, 1.54) is 12.1 Å². The minimum Gasteiger partial charge on any atom is -0.457 e. The van der Waals surface area contributed by atoms with E-state index >= 15 is 0 Å². The van der Waals surface area contributed by atoms with Gasteiger partial charge in [-0.3, -0.25) is 9.69 Å². The third-order valence-electron chi connectivity index (χ3n) is 5.29. The first-order chi connectivity index (χ1) is 12.7. The average molecular weight is 354 g/mol. The minimum atomic E-state index is -0.295. The van der Waals surface area contributed by atoms with Gasteiger partial charge in [0.05, 0.1) is 6.04 Å². The molecule has 2 fully saturated rings. The van der Waals surface area contributed by atoms with Crippen molar-refractivity contribution >= 4 is 5.78 Å². The highest BCUT2D eigenvalue weighted by Gasteiger charge is 2.36. The molecule has 4 nitrogen and oxygen atoms in total. The summed E-state index contributed by atoms with van der Waals surface area (Å²) >= 11 is 0. The molecule has 26 heavy (non-hydrogen) atoms.